The SMILES string of the molecule is COC(=O)/C=C1/S/C(=N\N=Cc2ccc(Br)cc2)NC1=O. The number of nitrogens with zero attached hydrogens (tertiary/aromatic N) is 2. The predicted molar refractivity (Wildman–Crippen MR) is 85.0 cm³/mol. The molecule has 1 heterocycles. The van der Waals surface area contributed by atoms with E-state index in [4.69, 9.17) is 0 Å². The number of nitrogens with one attached hydrogen (secondary N) is 1. The molecule has 21 heavy (non-hydrogen) atoms. The van der Waals surface area contributed by atoms with Gasteiger partial charge in [-0.05, 0) is 29.5 Å². The fraction of sp³-hybridized carbons (Fsp3) is 0.0769. The molecule has 1 amide bonds. The molecule has 1 fully saturated rings. The van der Waals surface area contributed by atoms with Gasteiger partial charge >= 0.3 is 5.97 Å². The molecule has 1 aliphatic rings. The van der Waals surface area contributed by atoms with Crippen molar-refractivity contribution < 1.29 is 14.3 Å². The number of hydrogen-bond acceptors (Lipinski definition) is 6. The second-order valence-electron chi connectivity index (χ2n) is 3.79. The lowest BCUT2D eigenvalue weighted by molar-refractivity contribution is -0.135. The summed E-state index contributed by atoms with van der Waals surface area (Å²) in [5, 5.41) is 10.6. The van der Waals surface area contributed by atoms with Gasteiger partial charge in [0.05, 0.1) is 18.2 Å². The molecule has 108 valence electrons. The van der Waals surface area contributed by atoms with E-state index < -0.39 is 11.9 Å². The maximum absolute atomic E-state index is 11.6. The molecular weight excluding hydrogens is 358 g/mol. The van der Waals surface area contributed by atoms with E-state index in [9.17, 15) is 9.59 Å². The normalized spacial score (nSPS) is 18.5. The van der Waals surface area contributed by atoms with E-state index in [0.717, 1.165) is 27.9 Å². The van der Waals surface area contributed by atoms with E-state index in [1.165, 1.54) is 7.11 Å². The van der Waals surface area contributed by atoms with Crippen LogP contribution in [0.25, 0.3) is 0 Å². The lowest BCUT2D eigenvalue weighted by atomic mass is 10.2. The fourth-order valence-electron chi connectivity index (χ4n) is 1.34. The first-order chi connectivity index (χ1) is 10.1. The smallest absolute Gasteiger partial charge is 0.331 e. The summed E-state index contributed by atoms with van der Waals surface area (Å²) < 4.78 is 5.44. The number of ether oxygens (including phenoxy) is 1. The Morgan fingerprint density at radius 3 is 2.76 bits per heavy atom. The van der Waals surface area contributed by atoms with E-state index >= 15 is 0 Å². The molecule has 0 spiro atoms. The molecule has 8 heteroatoms. The maximum Gasteiger partial charge on any atom is 0.331 e. The van der Waals surface area contributed by atoms with Gasteiger partial charge in [-0.3, -0.25) is 10.1 Å². The molecule has 0 aromatic heterocycles. The number of rotatable bonds is 3. The second kappa shape index (κ2) is 7.19. The topological polar surface area (TPSA) is 80.1 Å². The van der Waals surface area contributed by atoms with Crippen LogP contribution in [-0.2, 0) is 14.3 Å². The van der Waals surface area contributed by atoms with Crippen LogP contribution in [0.4, 0.5) is 0 Å². The number of esters is 1. The molecule has 1 N–H and O–H groups in total. The van der Waals surface area contributed by atoms with E-state index in [1.54, 1.807) is 6.21 Å². The van der Waals surface area contributed by atoms with Crippen molar-refractivity contribution in [2.45, 2.75) is 0 Å². The van der Waals surface area contributed by atoms with Gasteiger partial charge in [0.1, 0.15) is 0 Å². The highest BCUT2D eigenvalue weighted by molar-refractivity contribution is 9.10. The third-order valence-electron chi connectivity index (χ3n) is 2.33. The highest BCUT2D eigenvalue weighted by Crippen LogP contribution is 2.23. The number of amidine groups is 1. The van der Waals surface area contributed by atoms with Crippen LogP contribution in [0.3, 0.4) is 0 Å². The lowest BCUT2D eigenvalue weighted by Gasteiger charge is -1.92. The minimum absolute atomic E-state index is 0.222. The van der Waals surface area contributed by atoms with Crippen LogP contribution in [-0.4, -0.2) is 30.4 Å². The zero-order valence-corrected chi connectivity index (χ0v) is 13.3. The molecule has 1 saturated heterocycles. The number of carbonyl (C=O) groups is 2. The first kappa shape index (κ1) is 15.5. The van der Waals surface area contributed by atoms with Gasteiger partial charge in [-0.25, -0.2) is 4.79 Å². The quantitative estimate of drug-likeness (QED) is 0.383. The van der Waals surface area contributed by atoms with Crippen molar-refractivity contribution >= 4 is 51.0 Å². The Labute approximate surface area is 133 Å². The van der Waals surface area contributed by atoms with E-state index in [2.05, 4.69) is 36.2 Å². The first-order valence-electron chi connectivity index (χ1n) is 5.74. The van der Waals surface area contributed by atoms with Gasteiger partial charge in [-0.15, -0.1) is 5.10 Å². The summed E-state index contributed by atoms with van der Waals surface area (Å²) in [5.41, 5.74) is 0.877. The largest absolute Gasteiger partial charge is 0.466 e. The molecule has 0 bridgehead atoms. The van der Waals surface area contributed by atoms with Crippen LogP contribution >= 0.6 is 27.7 Å². The van der Waals surface area contributed by atoms with Gasteiger partial charge in [0.15, 0.2) is 5.17 Å². The van der Waals surface area contributed by atoms with Gasteiger partial charge in [-0.1, -0.05) is 28.1 Å². The van der Waals surface area contributed by atoms with Crippen LogP contribution in [0.15, 0.2) is 49.9 Å². The summed E-state index contributed by atoms with van der Waals surface area (Å²) in [6.45, 7) is 0. The van der Waals surface area contributed by atoms with Crippen LogP contribution in [0, 0.1) is 0 Å². The van der Waals surface area contributed by atoms with Crippen molar-refractivity contribution in [3.05, 3.63) is 45.3 Å². The third kappa shape index (κ3) is 4.54. The Bertz CT molecular complexity index is 653. The van der Waals surface area contributed by atoms with Gasteiger partial charge in [-0.2, -0.15) is 5.10 Å². The summed E-state index contributed by atoms with van der Waals surface area (Å²) >= 11 is 4.37. The Balaban J connectivity index is 2.03. The van der Waals surface area contributed by atoms with Gasteiger partial charge in [0.25, 0.3) is 5.91 Å². The van der Waals surface area contributed by atoms with Crippen LogP contribution < -0.4 is 5.32 Å². The molecule has 6 nitrogen and oxygen atoms in total. The third-order valence-corrected chi connectivity index (χ3v) is 3.76. The molecule has 0 radical (unpaired) electrons. The summed E-state index contributed by atoms with van der Waals surface area (Å²) in [6, 6.07) is 7.52. The number of thioether (sulfide) groups is 1. The summed E-state index contributed by atoms with van der Waals surface area (Å²) in [5.74, 6) is -0.991. The molecule has 0 saturated carbocycles. The van der Waals surface area contributed by atoms with Crippen LogP contribution in [0.2, 0.25) is 0 Å². The number of methoxy groups -OCH3 is 1. The monoisotopic (exact) mass is 367 g/mol. The molecule has 1 aliphatic heterocycles. The summed E-state index contributed by atoms with van der Waals surface area (Å²) in [6.07, 6.45) is 2.68. The average molecular weight is 368 g/mol. The molecule has 0 unspecified atom stereocenters. The van der Waals surface area contributed by atoms with Gasteiger partial charge in [0, 0.05) is 10.5 Å². The van der Waals surface area contributed by atoms with Crippen molar-refractivity contribution in [3.8, 4) is 0 Å². The molecule has 1 aromatic carbocycles. The summed E-state index contributed by atoms with van der Waals surface area (Å²) in [7, 11) is 1.24. The first-order valence-corrected chi connectivity index (χ1v) is 7.35. The van der Waals surface area contributed by atoms with Gasteiger partial charge < -0.3 is 4.74 Å². The Morgan fingerprint density at radius 1 is 1.38 bits per heavy atom. The number of amides is 1. The predicted octanol–water partition coefficient (Wildman–Crippen LogP) is 2.06. The Morgan fingerprint density at radius 2 is 2.10 bits per heavy atom. The Hall–Kier alpha value is -1.93. The van der Waals surface area contributed by atoms with E-state index in [1.807, 2.05) is 24.3 Å². The number of halogens is 1. The van der Waals surface area contributed by atoms with E-state index in [-0.39, 0.29) is 4.91 Å². The molecule has 2 rings (SSSR count). The van der Waals surface area contributed by atoms with Crippen molar-refractivity contribution in [2.24, 2.45) is 10.2 Å². The Kier molecular flexibility index (Phi) is 5.29. The molecule has 1 aromatic rings. The number of hydrogen-bond donors (Lipinski definition) is 1. The maximum atomic E-state index is 11.6. The zero-order valence-electron chi connectivity index (χ0n) is 10.9. The van der Waals surface area contributed by atoms with Crippen molar-refractivity contribution in [2.75, 3.05) is 7.11 Å². The molecular formula is C13H10BrN3O3S. The van der Waals surface area contributed by atoms with Crippen LogP contribution in [0.1, 0.15) is 5.56 Å². The highest BCUT2D eigenvalue weighted by Gasteiger charge is 2.24. The lowest BCUT2D eigenvalue weighted by Crippen LogP contribution is -2.19. The average Bonchev–Trinajstić information content (AvgIpc) is 2.81. The molecule has 0 aliphatic carbocycles. The molecule has 0 atom stereocenters. The summed E-state index contributed by atoms with van der Waals surface area (Å²) in [4.78, 5) is 22.9. The number of benzene rings is 1. The van der Waals surface area contributed by atoms with E-state index in [0.29, 0.717) is 5.17 Å². The van der Waals surface area contributed by atoms with Crippen molar-refractivity contribution in [3.63, 3.8) is 0 Å². The van der Waals surface area contributed by atoms with Crippen molar-refractivity contribution in [1.29, 1.82) is 0 Å². The van der Waals surface area contributed by atoms with Crippen molar-refractivity contribution in [1.82, 2.24) is 5.32 Å². The zero-order chi connectivity index (χ0) is 15.2. The standard InChI is InChI=1S/C13H10BrN3O3S/c1-20-11(18)6-10-12(19)16-13(21-10)17-15-7-8-2-4-9(14)5-3-8/h2-7H,1H3,(H,16,17,19)/b10-6+,15-7?. The minimum Gasteiger partial charge on any atom is -0.466 e. The van der Waals surface area contributed by atoms with Gasteiger partial charge in [0.2, 0.25) is 0 Å². The highest BCUT2D eigenvalue weighted by atomic mass is 79.9. The fourth-order valence-corrected chi connectivity index (χ4v) is 2.34. The van der Waals surface area contributed by atoms with Crippen LogP contribution in [0.5, 0.6) is 0 Å². The minimum atomic E-state index is -0.590. The number of carbonyl (C=O) groups excluding carboxylic acids is 2. The second-order valence-corrected chi connectivity index (χ2v) is 5.74.